The van der Waals surface area contributed by atoms with E-state index in [0.29, 0.717) is 17.4 Å². The minimum Gasteiger partial charge on any atom is -0.496 e. The third-order valence-electron chi connectivity index (χ3n) is 5.38. The summed E-state index contributed by atoms with van der Waals surface area (Å²) in [7, 11) is -2.64. The van der Waals surface area contributed by atoms with Crippen molar-refractivity contribution in [3.8, 4) is 23.3 Å². The summed E-state index contributed by atoms with van der Waals surface area (Å²) in [6.07, 6.45) is -4.65. The highest BCUT2D eigenvalue weighted by molar-refractivity contribution is 7.89. The second kappa shape index (κ2) is 9.00. The number of ether oxygens (including phenoxy) is 1. The van der Waals surface area contributed by atoms with Gasteiger partial charge >= 0.3 is 6.18 Å². The van der Waals surface area contributed by atoms with Crippen LogP contribution >= 0.6 is 0 Å². The maximum Gasteiger partial charge on any atom is 0.416 e. The molecule has 1 saturated heterocycles. The molecule has 0 aliphatic carbocycles. The van der Waals surface area contributed by atoms with Gasteiger partial charge in [0.15, 0.2) is 0 Å². The normalized spacial score (nSPS) is 15.2. The summed E-state index contributed by atoms with van der Waals surface area (Å²) in [4.78, 5) is 5.50. The molecule has 1 aliphatic rings. The number of nitriles is 1. The highest BCUT2D eigenvalue weighted by Gasteiger charge is 2.35. The zero-order valence-electron chi connectivity index (χ0n) is 17.9. The lowest BCUT2D eigenvalue weighted by atomic mass is 10.2. The fraction of sp³-hybridized carbons (Fsp3) is 0.273. The van der Waals surface area contributed by atoms with Crippen molar-refractivity contribution in [2.75, 3.05) is 38.2 Å². The molecule has 2 aromatic carbocycles. The molecule has 0 spiro atoms. The van der Waals surface area contributed by atoms with Gasteiger partial charge in [-0.15, -0.1) is 0 Å². The van der Waals surface area contributed by atoms with Gasteiger partial charge in [-0.1, -0.05) is 18.2 Å². The molecule has 0 N–H and O–H groups in total. The van der Waals surface area contributed by atoms with E-state index in [1.807, 2.05) is 6.07 Å². The van der Waals surface area contributed by atoms with Crippen LogP contribution in [0.4, 0.5) is 19.1 Å². The number of aromatic nitrogens is 1. The van der Waals surface area contributed by atoms with Crippen molar-refractivity contribution in [1.82, 2.24) is 9.29 Å². The van der Waals surface area contributed by atoms with Gasteiger partial charge in [0.25, 0.3) is 0 Å². The number of piperazine rings is 1. The third kappa shape index (κ3) is 4.44. The lowest BCUT2D eigenvalue weighted by Gasteiger charge is -2.33. The molecule has 3 aromatic rings. The summed E-state index contributed by atoms with van der Waals surface area (Å²) in [5.41, 5.74) is -0.440. The second-order valence-corrected chi connectivity index (χ2v) is 9.34. The molecule has 12 heteroatoms. The molecule has 0 radical (unpaired) electrons. The molecule has 0 atom stereocenters. The Morgan fingerprint density at radius 2 is 1.79 bits per heavy atom. The molecule has 1 fully saturated rings. The maximum absolute atomic E-state index is 13.0. The molecule has 1 aliphatic heterocycles. The van der Waals surface area contributed by atoms with E-state index in [-0.39, 0.29) is 43.6 Å². The smallest absolute Gasteiger partial charge is 0.416 e. The highest BCUT2D eigenvalue weighted by atomic mass is 32.2. The van der Waals surface area contributed by atoms with E-state index in [2.05, 4.69) is 4.98 Å². The molecule has 34 heavy (non-hydrogen) atoms. The average molecular weight is 492 g/mol. The first-order valence-electron chi connectivity index (χ1n) is 10.1. The van der Waals surface area contributed by atoms with Crippen molar-refractivity contribution in [3.05, 3.63) is 59.8 Å². The van der Waals surface area contributed by atoms with E-state index >= 15 is 0 Å². The van der Waals surface area contributed by atoms with Crippen molar-refractivity contribution in [2.24, 2.45) is 0 Å². The Hall–Kier alpha value is -3.56. The van der Waals surface area contributed by atoms with Crippen LogP contribution in [0.5, 0.6) is 5.75 Å². The number of rotatable bonds is 5. The van der Waals surface area contributed by atoms with E-state index in [9.17, 15) is 26.9 Å². The summed E-state index contributed by atoms with van der Waals surface area (Å²) in [6, 6.07) is 12.6. The first kappa shape index (κ1) is 23.6. The summed E-state index contributed by atoms with van der Waals surface area (Å²) in [5, 5.41) is 9.53. The van der Waals surface area contributed by atoms with Crippen molar-refractivity contribution in [3.63, 3.8) is 0 Å². The third-order valence-corrected chi connectivity index (χ3v) is 7.27. The van der Waals surface area contributed by atoms with Gasteiger partial charge in [-0.2, -0.15) is 27.7 Å². The number of methoxy groups -OCH3 is 1. The van der Waals surface area contributed by atoms with Crippen molar-refractivity contribution < 1.29 is 30.7 Å². The molecular weight excluding hydrogens is 473 g/mol. The molecule has 4 rings (SSSR count). The van der Waals surface area contributed by atoms with Crippen LogP contribution in [0.3, 0.4) is 0 Å². The number of para-hydroxylation sites is 1. The first-order chi connectivity index (χ1) is 16.1. The van der Waals surface area contributed by atoms with Crippen LogP contribution < -0.4 is 9.64 Å². The fourth-order valence-corrected chi connectivity index (χ4v) is 5.12. The summed E-state index contributed by atoms with van der Waals surface area (Å²) < 4.78 is 77.2. The van der Waals surface area contributed by atoms with Crippen LogP contribution in [0.15, 0.2) is 57.8 Å². The Kier molecular flexibility index (Phi) is 6.24. The Bertz CT molecular complexity index is 1340. The molecule has 1 aromatic heterocycles. The van der Waals surface area contributed by atoms with Crippen LogP contribution in [0.1, 0.15) is 11.3 Å². The first-order valence-corrected chi connectivity index (χ1v) is 11.6. The van der Waals surface area contributed by atoms with Crippen molar-refractivity contribution in [1.29, 1.82) is 5.26 Å². The SMILES string of the molecule is COc1ccccc1-c1nc(C#N)c(N2CCN(S(=O)(=O)c3cccc(C(F)(F)F)c3)CC2)o1. The number of sulfonamides is 1. The molecule has 2 heterocycles. The predicted octanol–water partition coefficient (Wildman–Crippen LogP) is 3.75. The van der Waals surface area contributed by atoms with Gasteiger partial charge in [-0.05, 0) is 30.3 Å². The average Bonchev–Trinajstić information content (AvgIpc) is 3.28. The number of anilines is 1. The lowest BCUT2D eigenvalue weighted by molar-refractivity contribution is -0.137. The number of benzene rings is 2. The minimum atomic E-state index is -4.65. The number of hydrogen-bond donors (Lipinski definition) is 0. The second-order valence-electron chi connectivity index (χ2n) is 7.40. The molecule has 0 saturated carbocycles. The Labute approximate surface area is 193 Å². The number of oxazole rings is 1. The predicted molar refractivity (Wildman–Crippen MR) is 116 cm³/mol. The van der Waals surface area contributed by atoms with Crippen LogP contribution in [-0.2, 0) is 16.2 Å². The number of hydrogen-bond acceptors (Lipinski definition) is 7. The van der Waals surface area contributed by atoms with E-state index in [0.717, 1.165) is 22.5 Å². The minimum absolute atomic E-state index is 0.00581. The van der Waals surface area contributed by atoms with Gasteiger partial charge in [-0.25, -0.2) is 8.42 Å². The zero-order valence-corrected chi connectivity index (χ0v) is 18.7. The van der Waals surface area contributed by atoms with Crippen LogP contribution in [0, 0.1) is 11.3 Å². The Morgan fingerprint density at radius 3 is 2.44 bits per heavy atom. The van der Waals surface area contributed by atoms with Crippen LogP contribution in [-0.4, -0.2) is 51.0 Å². The van der Waals surface area contributed by atoms with Gasteiger partial charge in [0.05, 0.1) is 23.1 Å². The standard InChI is InChI=1S/C22H19F3N4O4S/c1-32-19-8-3-2-7-17(19)20-27-18(14-26)21(33-20)28-9-11-29(12-10-28)34(30,31)16-6-4-5-15(13-16)22(23,24)25/h2-8,13H,9-12H2,1H3. The highest BCUT2D eigenvalue weighted by Crippen LogP contribution is 2.35. The number of halogens is 3. The van der Waals surface area contributed by atoms with Crippen LogP contribution in [0.25, 0.3) is 11.5 Å². The van der Waals surface area contributed by atoms with E-state index < -0.39 is 26.7 Å². The van der Waals surface area contributed by atoms with E-state index in [1.165, 1.54) is 7.11 Å². The Balaban J connectivity index is 1.54. The summed E-state index contributed by atoms with van der Waals surface area (Å²) >= 11 is 0. The van der Waals surface area contributed by atoms with Gasteiger partial charge in [0.2, 0.25) is 27.5 Å². The lowest BCUT2D eigenvalue weighted by Crippen LogP contribution is -2.48. The van der Waals surface area contributed by atoms with E-state index in [4.69, 9.17) is 9.15 Å². The van der Waals surface area contributed by atoms with Gasteiger partial charge < -0.3 is 14.1 Å². The maximum atomic E-state index is 13.0. The topological polar surface area (TPSA) is 99.7 Å². The number of nitrogens with zero attached hydrogens (tertiary/aromatic N) is 4. The van der Waals surface area contributed by atoms with E-state index in [1.54, 1.807) is 29.2 Å². The largest absolute Gasteiger partial charge is 0.496 e. The number of alkyl halides is 3. The summed E-state index contributed by atoms with van der Waals surface area (Å²) in [6.45, 7) is 0.309. The summed E-state index contributed by atoms with van der Waals surface area (Å²) in [5.74, 6) is 0.888. The van der Waals surface area contributed by atoms with Crippen molar-refractivity contribution >= 4 is 15.9 Å². The molecule has 0 bridgehead atoms. The molecule has 8 nitrogen and oxygen atoms in total. The van der Waals surface area contributed by atoms with Gasteiger partial charge in [0, 0.05) is 26.2 Å². The molecule has 178 valence electrons. The quantitative estimate of drug-likeness (QED) is 0.535. The zero-order chi connectivity index (χ0) is 24.5. The molecule has 0 amide bonds. The van der Waals surface area contributed by atoms with Crippen molar-refractivity contribution in [2.45, 2.75) is 11.1 Å². The molecular formula is C22H19F3N4O4S. The van der Waals surface area contributed by atoms with Crippen LogP contribution in [0.2, 0.25) is 0 Å². The fourth-order valence-electron chi connectivity index (χ4n) is 3.65. The molecule has 0 unspecified atom stereocenters. The van der Waals surface area contributed by atoms with Gasteiger partial charge in [-0.3, -0.25) is 0 Å². The Morgan fingerprint density at radius 1 is 1.09 bits per heavy atom. The van der Waals surface area contributed by atoms with Gasteiger partial charge in [0.1, 0.15) is 11.8 Å². The monoisotopic (exact) mass is 492 g/mol.